The average Bonchev–Trinajstić information content (AvgIpc) is 3.11. The van der Waals surface area contributed by atoms with Gasteiger partial charge >= 0.3 is 0 Å². The fourth-order valence-corrected chi connectivity index (χ4v) is 14.5. The minimum Gasteiger partial charge on any atom is -0.377 e. The van der Waals surface area contributed by atoms with Crippen LogP contribution in [0.5, 0.6) is 0 Å². The predicted molar refractivity (Wildman–Crippen MR) is 196 cm³/mol. The van der Waals surface area contributed by atoms with Crippen LogP contribution >= 0.6 is 0 Å². The third-order valence-electron chi connectivity index (χ3n) is 10.3. The fourth-order valence-electron chi connectivity index (χ4n) is 7.90. The van der Waals surface area contributed by atoms with E-state index in [0.29, 0.717) is 5.92 Å². The quantitative estimate of drug-likeness (QED) is 0.215. The predicted octanol–water partition coefficient (Wildman–Crippen LogP) is 7.05. The number of aryl methyl sites for hydroxylation is 6. The Labute approximate surface area is 263 Å². The molecule has 0 amide bonds. The topological polar surface area (TPSA) is 9.72 Å². The minimum absolute atomic E-state index is 0.376. The highest BCUT2D eigenvalue weighted by atomic mass is 28.3. The van der Waals surface area contributed by atoms with E-state index in [2.05, 4.69) is 163 Å². The molecule has 0 fully saturated rings. The molecule has 0 radical (unpaired) electrons. The molecule has 230 valence electrons. The van der Waals surface area contributed by atoms with Crippen LogP contribution in [0, 0.1) is 47.5 Å². The molecule has 4 rings (SSSR count). The summed E-state index contributed by atoms with van der Waals surface area (Å²) in [5, 5.41) is 6.24. The van der Waals surface area contributed by atoms with Crippen LogP contribution in [0.2, 0.25) is 0 Å². The molecule has 0 aromatic heterocycles. The molecular formula is C39H55N3Si. The van der Waals surface area contributed by atoms with Crippen LogP contribution in [-0.2, 0) is 0 Å². The maximum atomic E-state index is 2.57. The Hall–Kier alpha value is -3.24. The second-order valence-electron chi connectivity index (χ2n) is 13.9. The first-order chi connectivity index (χ1) is 20.0. The highest BCUT2D eigenvalue weighted by Gasteiger charge is 2.50. The summed E-state index contributed by atoms with van der Waals surface area (Å²) in [5.74, 6) is 0.376. The molecule has 0 heterocycles. The maximum absolute atomic E-state index is 2.82. The first kappa shape index (κ1) is 32.7. The summed E-state index contributed by atoms with van der Waals surface area (Å²) in [6, 6.07) is 15.0. The van der Waals surface area contributed by atoms with Crippen molar-refractivity contribution in [1.82, 2.24) is 0 Å². The van der Waals surface area contributed by atoms with Crippen LogP contribution in [0.1, 0.15) is 61.1 Å². The van der Waals surface area contributed by atoms with Gasteiger partial charge in [0, 0.05) is 59.3 Å². The highest BCUT2D eigenvalue weighted by Crippen LogP contribution is 2.43. The Kier molecular flexibility index (Phi) is 8.88. The van der Waals surface area contributed by atoms with Crippen molar-refractivity contribution in [3.63, 3.8) is 0 Å². The smallest absolute Gasteiger partial charge is 0.177 e. The number of hydrogen-bond acceptors (Lipinski definition) is 3. The zero-order valence-electron chi connectivity index (χ0n) is 29.9. The van der Waals surface area contributed by atoms with Crippen LogP contribution in [0.15, 0.2) is 58.3 Å². The molecule has 43 heavy (non-hydrogen) atoms. The molecule has 0 spiro atoms. The van der Waals surface area contributed by atoms with Gasteiger partial charge in [-0.05, 0) is 141 Å². The van der Waals surface area contributed by atoms with E-state index >= 15 is 0 Å². The van der Waals surface area contributed by atoms with Crippen molar-refractivity contribution in [3.05, 3.63) is 91.7 Å². The standard InChI is InChI=1S/C39H55N3Si/c1-23-20-36(26(4)17-33(23)40(11)12)43(39-31(9)29(7)30(8)32(39)10,37-21-24(2)34(41(13)14)18-27(37)5)38-22-25(3)35(42(15)16)19-28(38)6/h17-22,31H,1-16H3. The molecule has 4 heteroatoms. The van der Waals surface area contributed by atoms with Crippen molar-refractivity contribution in [3.8, 4) is 0 Å². The normalized spacial score (nSPS) is 15.5. The molecule has 1 aliphatic carbocycles. The zero-order valence-corrected chi connectivity index (χ0v) is 30.9. The molecule has 1 unspecified atom stereocenters. The molecule has 0 saturated carbocycles. The highest BCUT2D eigenvalue weighted by molar-refractivity contribution is 7.17. The van der Waals surface area contributed by atoms with Gasteiger partial charge in [0.25, 0.3) is 0 Å². The molecule has 0 N–H and O–H groups in total. The number of benzene rings is 3. The summed E-state index contributed by atoms with van der Waals surface area (Å²) >= 11 is 0. The third-order valence-corrected chi connectivity index (χ3v) is 16.0. The van der Waals surface area contributed by atoms with Gasteiger partial charge in [0.15, 0.2) is 8.07 Å². The Morgan fingerprint density at radius 2 is 0.744 bits per heavy atom. The average molecular weight is 594 g/mol. The second-order valence-corrected chi connectivity index (χ2v) is 17.5. The van der Waals surface area contributed by atoms with Crippen molar-refractivity contribution < 1.29 is 0 Å². The maximum Gasteiger partial charge on any atom is 0.177 e. The zero-order chi connectivity index (χ0) is 32.3. The summed E-state index contributed by atoms with van der Waals surface area (Å²) in [6.45, 7) is 23.6. The van der Waals surface area contributed by atoms with Gasteiger partial charge in [-0.15, -0.1) is 0 Å². The number of nitrogens with zero attached hydrogens (tertiary/aromatic N) is 3. The van der Waals surface area contributed by atoms with Crippen LogP contribution in [0.4, 0.5) is 17.1 Å². The van der Waals surface area contributed by atoms with E-state index < -0.39 is 8.07 Å². The first-order valence-electron chi connectivity index (χ1n) is 15.7. The fraction of sp³-hybridized carbons (Fsp3) is 0.436. The van der Waals surface area contributed by atoms with Crippen LogP contribution in [0.3, 0.4) is 0 Å². The molecule has 3 aromatic rings. The van der Waals surface area contributed by atoms with E-state index in [1.54, 1.807) is 5.20 Å². The van der Waals surface area contributed by atoms with Crippen LogP contribution in [0.25, 0.3) is 0 Å². The molecule has 1 atom stereocenters. The summed E-state index contributed by atoms with van der Waals surface area (Å²) in [4.78, 5) is 6.78. The molecule has 3 aromatic carbocycles. The van der Waals surface area contributed by atoms with Crippen LogP contribution in [-0.4, -0.2) is 50.4 Å². The van der Waals surface area contributed by atoms with E-state index in [4.69, 9.17) is 0 Å². The van der Waals surface area contributed by atoms with Crippen molar-refractivity contribution in [1.29, 1.82) is 0 Å². The van der Waals surface area contributed by atoms with E-state index in [9.17, 15) is 0 Å². The van der Waals surface area contributed by atoms with Gasteiger partial charge in [-0.25, -0.2) is 0 Å². The summed E-state index contributed by atoms with van der Waals surface area (Å²) in [5.41, 5.74) is 16.6. The van der Waals surface area contributed by atoms with E-state index in [-0.39, 0.29) is 0 Å². The van der Waals surface area contributed by atoms with Crippen LogP contribution < -0.4 is 30.3 Å². The van der Waals surface area contributed by atoms with E-state index in [0.717, 1.165) is 0 Å². The molecule has 0 saturated heterocycles. The second kappa shape index (κ2) is 11.7. The molecular weight excluding hydrogens is 539 g/mol. The molecule has 3 nitrogen and oxygen atoms in total. The number of rotatable bonds is 7. The van der Waals surface area contributed by atoms with E-state index in [1.165, 1.54) is 82.7 Å². The van der Waals surface area contributed by atoms with Gasteiger partial charge in [-0.3, -0.25) is 0 Å². The van der Waals surface area contributed by atoms with Gasteiger partial charge in [0.2, 0.25) is 0 Å². The Morgan fingerprint density at radius 1 is 0.442 bits per heavy atom. The third kappa shape index (κ3) is 5.16. The van der Waals surface area contributed by atoms with Gasteiger partial charge in [0.05, 0.1) is 0 Å². The lowest BCUT2D eigenvalue weighted by atomic mass is 10.1. The van der Waals surface area contributed by atoms with E-state index in [1.807, 2.05) is 0 Å². The van der Waals surface area contributed by atoms with Gasteiger partial charge in [0.1, 0.15) is 0 Å². The molecule has 0 aliphatic heterocycles. The van der Waals surface area contributed by atoms with Gasteiger partial charge in [-0.1, -0.05) is 41.5 Å². The van der Waals surface area contributed by atoms with Crippen molar-refractivity contribution in [2.75, 3.05) is 57.0 Å². The van der Waals surface area contributed by atoms with Crippen molar-refractivity contribution >= 4 is 40.7 Å². The Morgan fingerprint density at radius 3 is 0.977 bits per heavy atom. The van der Waals surface area contributed by atoms with Gasteiger partial charge in [-0.2, -0.15) is 0 Å². The lowest BCUT2D eigenvalue weighted by molar-refractivity contribution is 0.851. The summed E-state index contributed by atoms with van der Waals surface area (Å²) in [7, 11) is 10.2. The summed E-state index contributed by atoms with van der Waals surface area (Å²) in [6.07, 6.45) is 0. The Bertz CT molecular complexity index is 1500. The number of hydrogen-bond donors (Lipinski definition) is 0. The molecule has 0 bridgehead atoms. The Balaban J connectivity index is 2.36. The number of allylic oxidation sites excluding steroid dienone is 4. The number of anilines is 3. The van der Waals surface area contributed by atoms with Gasteiger partial charge < -0.3 is 14.7 Å². The summed E-state index contributed by atoms with van der Waals surface area (Å²) < 4.78 is 0. The monoisotopic (exact) mass is 593 g/mol. The SMILES string of the molecule is CC1=C(C)C(C)C([Si](c2cc(C)c(N(C)C)cc2C)(c2cc(C)c(N(C)C)cc2C)c2cc(C)c(N(C)C)cc2C)=C1C. The largest absolute Gasteiger partial charge is 0.377 e. The van der Waals surface area contributed by atoms with Crippen molar-refractivity contribution in [2.24, 2.45) is 5.92 Å². The lowest BCUT2D eigenvalue weighted by Gasteiger charge is -2.42. The minimum atomic E-state index is -2.82. The van der Waals surface area contributed by atoms with Crippen molar-refractivity contribution in [2.45, 2.75) is 69.2 Å². The molecule has 1 aliphatic rings. The first-order valence-corrected chi connectivity index (χ1v) is 17.7. The lowest BCUT2D eigenvalue weighted by Crippen LogP contribution is -2.71.